The van der Waals surface area contributed by atoms with Gasteiger partial charge >= 0.3 is 11.8 Å². The van der Waals surface area contributed by atoms with E-state index in [1.807, 2.05) is 30.3 Å². The number of amides is 2. The summed E-state index contributed by atoms with van der Waals surface area (Å²) in [6.07, 6.45) is 6.27. The van der Waals surface area contributed by atoms with Crippen LogP contribution >= 0.6 is 0 Å². The third-order valence-electron chi connectivity index (χ3n) is 4.28. The van der Waals surface area contributed by atoms with E-state index in [0.717, 1.165) is 31.2 Å². The molecular formula is C18H26N2O3. The summed E-state index contributed by atoms with van der Waals surface area (Å²) < 4.78 is 0. The molecule has 1 aliphatic rings. The number of nitrogens with one attached hydrogen (secondary N) is 2. The minimum atomic E-state index is -0.638. The second kappa shape index (κ2) is 9.30. The number of aliphatic hydroxyl groups is 1. The van der Waals surface area contributed by atoms with Gasteiger partial charge < -0.3 is 15.7 Å². The van der Waals surface area contributed by atoms with Gasteiger partial charge in [0.15, 0.2) is 0 Å². The van der Waals surface area contributed by atoms with Gasteiger partial charge in [-0.1, -0.05) is 56.0 Å². The Morgan fingerprint density at radius 3 is 2.35 bits per heavy atom. The summed E-state index contributed by atoms with van der Waals surface area (Å²) in [6.45, 7) is 0.271. The highest BCUT2D eigenvalue weighted by molar-refractivity contribution is 6.35. The minimum Gasteiger partial charge on any atom is -0.388 e. The highest BCUT2D eigenvalue weighted by Gasteiger charge is 2.19. The summed E-state index contributed by atoms with van der Waals surface area (Å²) in [7, 11) is 0. The number of hydrogen-bond acceptors (Lipinski definition) is 3. The van der Waals surface area contributed by atoms with Gasteiger partial charge in [0.2, 0.25) is 0 Å². The maximum Gasteiger partial charge on any atom is 0.309 e. The van der Waals surface area contributed by atoms with E-state index in [4.69, 9.17) is 0 Å². The lowest BCUT2D eigenvalue weighted by Crippen LogP contribution is -2.44. The van der Waals surface area contributed by atoms with E-state index >= 15 is 0 Å². The molecule has 1 aliphatic carbocycles. The summed E-state index contributed by atoms with van der Waals surface area (Å²) in [5.74, 6) is -1.18. The standard InChI is InChI=1S/C18H26N2O3/c21-16(14-8-4-3-5-9-14)12-13-19-17(22)18(23)20-15-10-6-1-2-7-11-15/h3-5,8-9,15-16,21H,1-2,6-7,10-13H2,(H,19,22)(H,20,23). The van der Waals surface area contributed by atoms with Gasteiger partial charge in [0.05, 0.1) is 6.10 Å². The summed E-state index contributed by atoms with van der Waals surface area (Å²) in [5, 5.41) is 15.4. The van der Waals surface area contributed by atoms with Gasteiger partial charge in [-0.05, 0) is 24.8 Å². The molecule has 0 radical (unpaired) electrons. The Hall–Kier alpha value is -1.88. The summed E-state index contributed by atoms with van der Waals surface area (Å²) in [4.78, 5) is 23.7. The topological polar surface area (TPSA) is 78.4 Å². The molecule has 2 amide bonds. The van der Waals surface area contributed by atoms with Crippen molar-refractivity contribution in [3.63, 3.8) is 0 Å². The quantitative estimate of drug-likeness (QED) is 0.574. The minimum absolute atomic E-state index is 0.116. The van der Waals surface area contributed by atoms with E-state index in [1.54, 1.807) is 0 Å². The fourth-order valence-electron chi connectivity index (χ4n) is 2.92. The molecule has 5 heteroatoms. The normalized spacial score (nSPS) is 17.1. The number of benzene rings is 1. The van der Waals surface area contributed by atoms with Gasteiger partial charge in [-0.3, -0.25) is 9.59 Å². The van der Waals surface area contributed by atoms with Crippen LogP contribution in [0.5, 0.6) is 0 Å². The van der Waals surface area contributed by atoms with Gasteiger partial charge in [0.1, 0.15) is 0 Å². The molecule has 0 aliphatic heterocycles. The molecule has 23 heavy (non-hydrogen) atoms. The van der Waals surface area contributed by atoms with Crippen LogP contribution in [-0.2, 0) is 9.59 Å². The fraction of sp³-hybridized carbons (Fsp3) is 0.556. The van der Waals surface area contributed by atoms with Crippen LogP contribution < -0.4 is 10.6 Å². The summed E-state index contributed by atoms with van der Waals surface area (Å²) in [6, 6.07) is 9.40. The Bertz CT molecular complexity index is 496. The molecule has 0 heterocycles. The van der Waals surface area contributed by atoms with Crippen LogP contribution in [-0.4, -0.2) is 29.5 Å². The number of carbonyl (C=O) groups excluding carboxylic acids is 2. The van der Waals surface area contributed by atoms with E-state index < -0.39 is 17.9 Å². The summed E-state index contributed by atoms with van der Waals surface area (Å²) >= 11 is 0. The van der Waals surface area contributed by atoms with Crippen molar-refractivity contribution >= 4 is 11.8 Å². The highest BCUT2D eigenvalue weighted by Crippen LogP contribution is 2.17. The van der Waals surface area contributed by atoms with Crippen LogP contribution in [0.1, 0.15) is 56.6 Å². The van der Waals surface area contributed by atoms with Crippen LogP contribution in [0.15, 0.2) is 30.3 Å². The molecule has 1 aromatic rings. The Morgan fingerprint density at radius 2 is 1.70 bits per heavy atom. The predicted octanol–water partition coefficient (Wildman–Crippen LogP) is 2.07. The van der Waals surface area contributed by atoms with E-state index in [-0.39, 0.29) is 12.6 Å². The lowest BCUT2D eigenvalue weighted by molar-refractivity contribution is -0.139. The van der Waals surface area contributed by atoms with E-state index in [1.165, 1.54) is 12.8 Å². The van der Waals surface area contributed by atoms with Crippen LogP contribution in [0.3, 0.4) is 0 Å². The largest absolute Gasteiger partial charge is 0.388 e. The molecule has 5 nitrogen and oxygen atoms in total. The van der Waals surface area contributed by atoms with Gasteiger partial charge in [-0.25, -0.2) is 0 Å². The molecule has 2 rings (SSSR count). The average Bonchev–Trinajstić information content (AvgIpc) is 2.84. The molecule has 1 unspecified atom stereocenters. The SMILES string of the molecule is O=C(NCCC(O)c1ccccc1)C(=O)NC1CCCCCC1. The van der Waals surface area contributed by atoms with Crippen molar-refractivity contribution in [3.05, 3.63) is 35.9 Å². The van der Waals surface area contributed by atoms with Crippen LogP contribution in [0.4, 0.5) is 0 Å². The first-order valence-corrected chi connectivity index (χ1v) is 8.48. The van der Waals surface area contributed by atoms with Crippen LogP contribution in [0.25, 0.3) is 0 Å². The van der Waals surface area contributed by atoms with E-state index in [0.29, 0.717) is 6.42 Å². The highest BCUT2D eigenvalue weighted by atomic mass is 16.3. The van der Waals surface area contributed by atoms with Crippen molar-refractivity contribution in [3.8, 4) is 0 Å². The molecular weight excluding hydrogens is 292 g/mol. The van der Waals surface area contributed by atoms with Crippen LogP contribution in [0.2, 0.25) is 0 Å². The Kier molecular flexibility index (Phi) is 7.07. The first-order chi connectivity index (χ1) is 11.2. The van der Waals surface area contributed by atoms with E-state index in [9.17, 15) is 14.7 Å². The zero-order valence-corrected chi connectivity index (χ0v) is 13.5. The number of hydrogen-bond donors (Lipinski definition) is 3. The fourth-order valence-corrected chi connectivity index (χ4v) is 2.92. The molecule has 0 aromatic heterocycles. The molecule has 1 aromatic carbocycles. The van der Waals surface area contributed by atoms with Crippen molar-refractivity contribution < 1.29 is 14.7 Å². The average molecular weight is 318 g/mol. The number of aliphatic hydroxyl groups excluding tert-OH is 1. The molecule has 0 saturated heterocycles. The van der Waals surface area contributed by atoms with Crippen LogP contribution in [0, 0.1) is 0 Å². The second-order valence-corrected chi connectivity index (χ2v) is 6.13. The van der Waals surface area contributed by atoms with Gasteiger partial charge in [-0.15, -0.1) is 0 Å². The van der Waals surface area contributed by atoms with Crippen molar-refractivity contribution in [1.82, 2.24) is 10.6 Å². The van der Waals surface area contributed by atoms with Gasteiger partial charge in [-0.2, -0.15) is 0 Å². The van der Waals surface area contributed by atoms with Gasteiger partial charge in [0.25, 0.3) is 0 Å². The first-order valence-electron chi connectivity index (χ1n) is 8.48. The zero-order valence-electron chi connectivity index (χ0n) is 13.5. The third kappa shape index (κ3) is 6.02. The smallest absolute Gasteiger partial charge is 0.309 e. The zero-order chi connectivity index (χ0) is 16.5. The Morgan fingerprint density at radius 1 is 1.04 bits per heavy atom. The maximum atomic E-state index is 11.9. The molecule has 1 fully saturated rings. The summed E-state index contributed by atoms with van der Waals surface area (Å²) in [5.41, 5.74) is 0.810. The van der Waals surface area contributed by atoms with Gasteiger partial charge in [0, 0.05) is 12.6 Å². The van der Waals surface area contributed by atoms with Crippen molar-refractivity contribution in [2.75, 3.05) is 6.54 Å². The maximum absolute atomic E-state index is 11.9. The molecule has 126 valence electrons. The number of carbonyl (C=O) groups is 2. The van der Waals surface area contributed by atoms with Crippen molar-refractivity contribution in [2.45, 2.75) is 57.1 Å². The molecule has 1 atom stereocenters. The first kappa shape index (κ1) is 17.5. The van der Waals surface area contributed by atoms with Crippen molar-refractivity contribution in [2.24, 2.45) is 0 Å². The Labute approximate surface area is 137 Å². The second-order valence-electron chi connectivity index (χ2n) is 6.13. The Balaban J connectivity index is 1.68. The number of rotatable bonds is 5. The predicted molar refractivity (Wildman–Crippen MR) is 88.7 cm³/mol. The molecule has 3 N–H and O–H groups in total. The lowest BCUT2D eigenvalue weighted by Gasteiger charge is -2.16. The molecule has 0 bridgehead atoms. The third-order valence-corrected chi connectivity index (χ3v) is 4.28. The lowest BCUT2D eigenvalue weighted by atomic mass is 10.1. The van der Waals surface area contributed by atoms with Crippen molar-refractivity contribution in [1.29, 1.82) is 0 Å². The molecule has 0 spiro atoms. The molecule has 1 saturated carbocycles. The van der Waals surface area contributed by atoms with E-state index in [2.05, 4.69) is 10.6 Å². The monoisotopic (exact) mass is 318 g/mol.